The second-order valence-electron chi connectivity index (χ2n) is 9.46. The van der Waals surface area contributed by atoms with E-state index in [4.69, 9.17) is 0 Å². The molecule has 5 rings (SSSR count). The van der Waals surface area contributed by atoms with Gasteiger partial charge in [0, 0.05) is 29.3 Å². The number of benzene rings is 4. The third-order valence-corrected chi connectivity index (χ3v) is 7.02. The van der Waals surface area contributed by atoms with Gasteiger partial charge >= 0.3 is 0 Å². The average molecular weight is 477 g/mol. The van der Waals surface area contributed by atoms with Crippen LogP contribution >= 0.6 is 0 Å². The Morgan fingerprint density at radius 2 is 1.47 bits per heavy atom. The van der Waals surface area contributed by atoms with Gasteiger partial charge in [-0.3, -0.25) is 0 Å². The molecule has 0 saturated heterocycles. The predicted octanol–water partition coefficient (Wildman–Crippen LogP) is 7.27. The molecule has 4 nitrogen and oxygen atoms in total. The first kappa shape index (κ1) is 23.8. The molecule has 0 saturated carbocycles. The zero-order valence-electron chi connectivity index (χ0n) is 21.4. The van der Waals surface area contributed by atoms with E-state index in [1.54, 1.807) is 0 Å². The van der Waals surface area contributed by atoms with Gasteiger partial charge in [-0.05, 0) is 83.5 Å². The Hall–Kier alpha value is -3.92. The molecular weight excluding hydrogens is 440 g/mol. The Balaban J connectivity index is 1.27. The molecule has 4 aromatic carbocycles. The summed E-state index contributed by atoms with van der Waals surface area (Å²) in [5.74, 6) is 0. The minimum atomic E-state index is 0.685. The summed E-state index contributed by atoms with van der Waals surface area (Å²) in [6.07, 6.45) is 3.01. The summed E-state index contributed by atoms with van der Waals surface area (Å²) in [5, 5.41) is 10.6. The Morgan fingerprint density at radius 3 is 2.25 bits per heavy atom. The highest BCUT2D eigenvalue weighted by Gasteiger charge is 2.16. The predicted molar refractivity (Wildman–Crippen MR) is 154 cm³/mol. The molecule has 0 amide bonds. The van der Waals surface area contributed by atoms with Crippen LogP contribution in [0.5, 0.6) is 0 Å². The fraction of sp³-hybridized carbons (Fsp3) is 0.250. The summed E-state index contributed by atoms with van der Waals surface area (Å²) in [5.41, 5.74) is 11.6. The van der Waals surface area contributed by atoms with Crippen molar-refractivity contribution in [3.05, 3.63) is 119 Å². The molecule has 0 bridgehead atoms. The van der Waals surface area contributed by atoms with Crippen molar-refractivity contribution < 1.29 is 0 Å². The minimum absolute atomic E-state index is 0.685. The fourth-order valence-electron chi connectivity index (χ4n) is 4.82. The second-order valence-corrected chi connectivity index (χ2v) is 9.46. The van der Waals surface area contributed by atoms with Gasteiger partial charge in [-0.1, -0.05) is 68.4 Å². The Labute approximate surface area is 215 Å². The summed E-state index contributed by atoms with van der Waals surface area (Å²) < 4.78 is 0. The van der Waals surface area contributed by atoms with Gasteiger partial charge in [-0.2, -0.15) is 0 Å². The van der Waals surface area contributed by atoms with Gasteiger partial charge in [-0.25, -0.2) is 0 Å². The quantitative estimate of drug-likeness (QED) is 0.222. The number of nitrogens with one attached hydrogen (secondary N) is 3. The smallest absolute Gasteiger partial charge is 0.0880 e. The van der Waals surface area contributed by atoms with Crippen molar-refractivity contribution >= 4 is 22.7 Å². The van der Waals surface area contributed by atoms with E-state index in [-0.39, 0.29) is 0 Å². The van der Waals surface area contributed by atoms with Crippen molar-refractivity contribution in [2.75, 3.05) is 34.2 Å². The monoisotopic (exact) mass is 476 g/mol. The van der Waals surface area contributed by atoms with Crippen LogP contribution in [-0.2, 0) is 25.8 Å². The number of anilines is 4. The average Bonchev–Trinajstić information content (AvgIpc) is 2.94. The lowest BCUT2D eigenvalue weighted by molar-refractivity contribution is 0.807. The Morgan fingerprint density at radius 1 is 0.750 bits per heavy atom. The highest BCUT2D eigenvalue weighted by molar-refractivity contribution is 5.61. The maximum Gasteiger partial charge on any atom is 0.0880 e. The minimum Gasteiger partial charge on any atom is -0.368 e. The van der Waals surface area contributed by atoms with Crippen molar-refractivity contribution in [2.45, 2.75) is 39.7 Å². The molecule has 0 fully saturated rings. The van der Waals surface area contributed by atoms with Crippen molar-refractivity contribution in [3.8, 4) is 0 Å². The number of nitrogens with zero attached hydrogens (tertiary/aromatic N) is 1. The van der Waals surface area contributed by atoms with Crippen LogP contribution in [0.15, 0.2) is 91.0 Å². The van der Waals surface area contributed by atoms with Gasteiger partial charge in [0.05, 0.1) is 13.3 Å². The van der Waals surface area contributed by atoms with Crippen LogP contribution in [0.25, 0.3) is 0 Å². The van der Waals surface area contributed by atoms with Crippen LogP contribution in [0, 0.1) is 0 Å². The summed E-state index contributed by atoms with van der Waals surface area (Å²) in [6.45, 7) is 6.89. The highest BCUT2D eigenvalue weighted by atomic mass is 15.2. The molecule has 0 aliphatic carbocycles. The molecule has 1 aliphatic heterocycles. The van der Waals surface area contributed by atoms with Gasteiger partial charge in [0.1, 0.15) is 0 Å². The lowest BCUT2D eigenvalue weighted by Crippen LogP contribution is -2.33. The molecule has 4 aromatic rings. The van der Waals surface area contributed by atoms with Crippen molar-refractivity contribution in [1.29, 1.82) is 0 Å². The lowest BCUT2D eigenvalue weighted by Gasteiger charge is -2.32. The van der Waals surface area contributed by atoms with E-state index in [0.717, 1.165) is 38.2 Å². The molecule has 0 aromatic heterocycles. The molecule has 1 aliphatic rings. The molecule has 0 atom stereocenters. The van der Waals surface area contributed by atoms with Crippen LogP contribution in [0.4, 0.5) is 22.7 Å². The van der Waals surface area contributed by atoms with Gasteiger partial charge in [-0.15, -0.1) is 0 Å². The van der Waals surface area contributed by atoms with Gasteiger partial charge in [0.2, 0.25) is 0 Å². The van der Waals surface area contributed by atoms with Crippen LogP contribution in [0.3, 0.4) is 0 Å². The van der Waals surface area contributed by atoms with Crippen molar-refractivity contribution in [2.24, 2.45) is 0 Å². The first-order chi connectivity index (χ1) is 17.7. The van der Waals surface area contributed by atoms with E-state index in [0.29, 0.717) is 6.67 Å². The number of hydrogen-bond donors (Lipinski definition) is 3. The number of rotatable bonds is 9. The van der Waals surface area contributed by atoms with E-state index in [1.165, 1.54) is 44.9 Å². The molecule has 0 radical (unpaired) electrons. The van der Waals surface area contributed by atoms with Crippen LogP contribution in [0.2, 0.25) is 0 Å². The first-order valence-electron chi connectivity index (χ1n) is 13.1. The number of para-hydroxylation sites is 1. The Kier molecular flexibility index (Phi) is 7.41. The van der Waals surface area contributed by atoms with Crippen LogP contribution in [-0.4, -0.2) is 13.3 Å². The second kappa shape index (κ2) is 11.2. The number of aryl methyl sites for hydroxylation is 2. The van der Waals surface area contributed by atoms with Gasteiger partial charge in [0.15, 0.2) is 0 Å². The zero-order valence-corrected chi connectivity index (χ0v) is 21.4. The summed E-state index contributed by atoms with van der Waals surface area (Å²) in [7, 11) is 0. The van der Waals surface area contributed by atoms with Gasteiger partial charge in [0.25, 0.3) is 0 Å². The SMILES string of the molecule is CCc1ccc(NCNc2ccccc2)c(Cc2ccc(N3CNc4ccc(CC)cc4C3)cc2)c1. The molecule has 4 heteroatoms. The van der Waals surface area contributed by atoms with E-state index in [1.807, 2.05) is 6.07 Å². The van der Waals surface area contributed by atoms with E-state index in [9.17, 15) is 0 Å². The maximum absolute atomic E-state index is 3.59. The maximum atomic E-state index is 3.59. The first-order valence-corrected chi connectivity index (χ1v) is 13.1. The van der Waals surface area contributed by atoms with Gasteiger partial charge < -0.3 is 20.9 Å². The zero-order chi connectivity index (χ0) is 24.7. The lowest BCUT2D eigenvalue weighted by atomic mass is 9.99. The Bertz CT molecular complexity index is 1280. The molecule has 0 unspecified atom stereocenters. The third-order valence-electron chi connectivity index (χ3n) is 7.02. The van der Waals surface area contributed by atoms with E-state index in [2.05, 4.69) is 120 Å². The standard InChI is InChI=1S/C32H36N4/c1-3-24-12-16-31(34-22-33-29-8-6-5-7-9-29)27(18-24)20-26-10-14-30(15-11-26)36-21-28-19-25(4-2)13-17-32(28)35-23-36/h5-19,33-35H,3-4,20-23H2,1-2H3. The number of hydrogen-bond acceptors (Lipinski definition) is 4. The third kappa shape index (κ3) is 5.65. The molecule has 184 valence electrons. The number of fused-ring (bicyclic) bond motifs is 1. The summed E-state index contributed by atoms with van der Waals surface area (Å²) >= 11 is 0. The molecule has 1 heterocycles. The summed E-state index contributed by atoms with van der Waals surface area (Å²) in [6, 6.07) is 33.0. The molecule has 3 N–H and O–H groups in total. The largest absolute Gasteiger partial charge is 0.368 e. The van der Waals surface area contributed by atoms with Crippen LogP contribution in [0.1, 0.15) is 41.7 Å². The molecule has 36 heavy (non-hydrogen) atoms. The highest BCUT2D eigenvalue weighted by Crippen LogP contribution is 2.28. The molecule has 0 spiro atoms. The van der Waals surface area contributed by atoms with E-state index < -0.39 is 0 Å². The fourth-order valence-corrected chi connectivity index (χ4v) is 4.82. The normalized spacial score (nSPS) is 12.6. The summed E-state index contributed by atoms with van der Waals surface area (Å²) in [4.78, 5) is 2.41. The van der Waals surface area contributed by atoms with Crippen molar-refractivity contribution in [3.63, 3.8) is 0 Å². The van der Waals surface area contributed by atoms with Crippen LogP contribution < -0.4 is 20.9 Å². The van der Waals surface area contributed by atoms with Crippen molar-refractivity contribution in [1.82, 2.24) is 0 Å². The topological polar surface area (TPSA) is 39.3 Å². The molecular formula is C32H36N4. The van der Waals surface area contributed by atoms with E-state index >= 15 is 0 Å².